The summed E-state index contributed by atoms with van der Waals surface area (Å²) < 4.78 is 6.95. The molecular weight excluding hydrogens is 350 g/mol. The number of benzene rings is 2. The zero-order valence-electron chi connectivity index (χ0n) is 14.8. The lowest BCUT2D eigenvalue weighted by atomic mass is 10.2. The summed E-state index contributed by atoms with van der Waals surface area (Å²) in [6.07, 6.45) is -0.432. The maximum absolute atomic E-state index is 12.5. The van der Waals surface area contributed by atoms with Crippen LogP contribution in [0, 0.1) is 0 Å². The highest BCUT2D eigenvalue weighted by Gasteiger charge is 2.13. The number of carbonyl (C=O) groups is 1. The van der Waals surface area contributed by atoms with Crippen LogP contribution in [0.15, 0.2) is 58.5 Å². The summed E-state index contributed by atoms with van der Waals surface area (Å²) in [6, 6.07) is 14.6. The lowest BCUT2D eigenvalue weighted by Gasteiger charge is -2.14. The first-order valence-electron chi connectivity index (χ1n) is 8.03. The van der Waals surface area contributed by atoms with Crippen LogP contribution in [0.3, 0.4) is 0 Å². The third kappa shape index (κ3) is 3.72. The van der Waals surface area contributed by atoms with Crippen LogP contribution in [-0.4, -0.2) is 34.6 Å². The average molecular weight is 369 g/mol. The van der Waals surface area contributed by atoms with Crippen LogP contribution >= 0.6 is 11.8 Å². The van der Waals surface area contributed by atoms with Crippen molar-refractivity contribution in [3.05, 3.63) is 64.4 Å². The van der Waals surface area contributed by atoms with E-state index in [2.05, 4.69) is 4.98 Å². The molecule has 0 spiro atoms. The topological polar surface area (TPSA) is 64.4 Å². The molecule has 0 saturated carbocycles. The predicted octanol–water partition coefficient (Wildman–Crippen LogP) is 3.29. The Hall–Kier alpha value is -2.80. The Labute approximate surface area is 155 Å². The number of hydrogen-bond acceptors (Lipinski definition) is 5. The highest BCUT2D eigenvalue weighted by atomic mass is 32.2. The maximum Gasteiger partial charge on any atom is 0.414 e. The zero-order chi connectivity index (χ0) is 18.7. The third-order valence-corrected chi connectivity index (χ3v) is 4.91. The van der Waals surface area contributed by atoms with E-state index in [4.69, 9.17) is 4.74 Å². The molecule has 7 heteroatoms. The van der Waals surface area contributed by atoms with Gasteiger partial charge in [-0.05, 0) is 18.2 Å². The molecule has 0 atom stereocenters. The minimum Gasteiger partial charge on any atom is -0.410 e. The van der Waals surface area contributed by atoms with Gasteiger partial charge in [-0.3, -0.25) is 9.36 Å². The second-order valence-corrected chi connectivity index (χ2v) is 6.88. The van der Waals surface area contributed by atoms with Gasteiger partial charge in [0.2, 0.25) is 0 Å². The molecule has 3 aromatic rings. The summed E-state index contributed by atoms with van der Waals surface area (Å²) in [6.45, 7) is 0. The molecule has 6 nitrogen and oxygen atoms in total. The van der Waals surface area contributed by atoms with E-state index in [1.54, 1.807) is 37.8 Å². The molecule has 2 aromatic carbocycles. The zero-order valence-corrected chi connectivity index (χ0v) is 15.6. The van der Waals surface area contributed by atoms with Crippen LogP contribution in [-0.2, 0) is 12.8 Å². The van der Waals surface area contributed by atoms with Crippen molar-refractivity contribution in [2.45, 2.75) is 10.9 Å². The Kier molecular flexibility index (Phi) is 5.27. The Balaban J connectivity index is 1.86. The normalized spacial score (nSPS) is 10.7. The van der Waals surface area contributed by atoms with Crippen molar-refractivity contribution >= 4 is 28.8 Å². The molecule has 0 N–H and O–H groups in total. The fourth-order valence-electron chi connectivity index (χ4n) is 2.38. The molecule has 0 radical (unpaired) electrons. The number of ether oxygens (including phenoxy) is 1. The number of fused-ring (bicyclic) bond motifs is 1. The van der Waals surface area contributed by atoms with Gasteiger partial charge < -0.3 is 9.64 Å². The van der Waals surface area contributed by atoms with Gasteiger partial charge in [0.05, 0.1) is 10.9 Å². The number of amides is 1. The Morgan fingerprint density at radius 3 is 2.62 bits per heavy atom. The number of hydrogen-bond donors (Lipinski definition) is 0. The molecule has 0 unspecified atom stereocenters. The van der Waals surface area contributed by atoms with Crippen LogP contribution in [0.1, 0.15) is 5.56 Å². The van der Waals surface area contributed by atoms with Gasteiger partial charge in [-0.25, -0.2) is 9.78 Å². The van der Waals surface area contributed by atoms with Crippen molar-refractivity contribution in [1.82, 2.24) is 14.5 Å². The maximum atomic E-state index is 12.5. The van der Waals surface area contributed by atoms with Gasteiger partial charge in [-0.1, -0.05) is 42.1 Å². The summed E-state index contributed by atoms with van der Waals surface area (Å²) in [4.78, 5) is 30.3. The molecular formula is C19H19N3O3S. The van der Waals surface area contributed by atoms with E-state index in [9.17, 15) is 9.59 Å². The number of nitrogens with zero attached hydrogens (tertiary/aromatic N) is 3. The van der Waals surface area contributed by atoms with Crippen LogP contribution in [0.2, 0.25) is 0 Å². The second-order valence-electron chi connectivity index (χ2n) is 5.93. The van der Waals surface area contributed by atoms with Crippen molar-refractivity contribution < 1.29 is 9.53 Å². The molecule has 1 amide bonds. The van der Waals surface area contributed by atoms with Crippen molar-refractivity contribution in [2.24, 2.45) is 7.05 Å². The van der Waals surface area contributed by atoms with Gasteiger partial charge in [0.1, 0.15) is 5.75 Å². The second kappa shape index (κ2) is 7.61. The van der Waals surface area contributed by atoms with Crippen LogP contribution in [0.25, 0.3) is 10.9 Å². The van der Waals surface area contributed by atoms with Crippen molar-refractivity contribution in [3.8, 4) is 5.75 Å². The van der Waals surface area contributed by atoms with E-state index in [-0.39, 0.29) is 5.56 Å². The molecule has 0 fully saturated rings. The van der Waals surface area contributed by atoms with Crippen molar-refractivity contribution in [3.63, 3.8) is 0 Å². The fourth-order valence-corrected chi connectivity index (χ4v) is 3.34. The molecule has 26 heavy (non-hydrogen) atoms. The minimum absolute atomic E-state index is 0.0783. The third-order valence-electron chi connectivity index (χ3n) is 3.83. The number of rotatable bonds is 4. The molecule has 3 rings (SSSR count). The minimum atomic E-state index is -0.432. The lowest BCUT2D eigenvalue weighted by molar-refractivity contribution is 0.171. The van der Waals surface area contributed by atoms with Gasteiger partial charge in [-0.2, -0.15) is 0 Å². The van der Waals surface area contributed by atoms with Crippen molar-refractivity contribution in [2.75, 3.05) is 14.1 Å². The summed E-state index contributed by atoms with van der Waals surface area (Å²) in [7, 11) is 4.98. The van der Waals surface area contributed by atoms with Crippen molar-refractivity contribution in [1.29, 1.82) is 0 Å². The SMILES string of the molecule is CN(C)C(=O)Oc1ccccc1CSc1nc2ccccc2c(=O)n1C. The highest BCUT2D eigenvalue weighted by molar-refractivity contribution is 7.98. The van der Waals surface area contributed by atoms with E-state index in [1.165, 1.54) is 16.7 Å². The Morgan fingerprint density at radius 1 is 1.15 bits per heavy atom. The van der Waals surface area contributed by atoms with Gasteiger partial charge >= 0.3 is 6.09 Å². The fraction of sp³-hybridized carbons (Fsp3) is 0.211. The molecule has 0 saturated heterocycles. The lowest BCUT2D eigenvalue weighted by Crippen LogP contribution is -2.25. The van der Waals surface area contributed by atoms with Crippen LogP contribution in [0.5, 0.6) is 5.75 Å². The smallest absolute Gasteiger partial charge is 0.410 e. The van der Waals surface area contributed by atoms with E-state index >= 15 is 0 Å². The van der Waals surface area contributed by atoms with E-state index in [0.717, 1.165) is 5.56 Å². The van der Waals surface area contributed by atoms with Gasteiger partial charge in [0.25, 0.3) is 5.56 Å². The summed E-state index contributed by atoms with van der Waals surface area (Å²) >= 11 is 1.43. The van der Waals surface area contributed by atoms with Crippen LogP contribution in [0.4, 0.5) is 4.79 Å². The molecule has 1 aromatic heterocycles. The average Bonchev–Trinajstić information content (AvgIpc) is 2.64. The van der Waals surface area contributed by atoms with Gasteiger partial charge in [0, 0.05) is 32.5 Å². The predicted molar refractivity (Wildman–Crippen MR) is 103 cm³/mol. The molecule has 134 valence electrons. The number of carbonyl (C=O) groups excluding carboxylic acids is 1. The quantitative estimate of drug-likeness (QED) is 0.522. The summed E-state index contributed by atoms with van der Waals surface area (Å²) in [5, 5.41) is 1.21. The number of para-hydroxylation sites is 2. The molecule has 0 aliphatic carbocycles. The molecule has 0 aliphatic heterocycles. The van der Waals surface area contributed by atoms with Gasteiger partial charge in [-0.15, -0.1) is 0 Å². The highest BCUT2D eigenvalue weighted by Crippen LogP contribution is 2.27. The van der Waals surface area contributed by atoms with E-state index in [1.807, 2.05) is 36.4 Å². The Morgan fingerprint density at radius 2 is 1.85 bits per heavy atom. The number of thioether (sulfide) groups is 1. The summed E-state index contributed by atoms with van der Waals surface area (Å²) in [5.41, 5.74) is 1.45. The van der Waals surface area contributed by atoms with E-state index in [0.29, 0.717) is 27.6 Å². The first kappa shape index (κ1) is 18.0. The molecule has 0 bridgehead atoms. The Bertz CT molecular complexity index is 1010. The molecule has 0 aliphatic rings. The monoisotopic (exact) mass is 369 g/mol. The standard InChI is InChI=1S/C19H19N3O3S/c1-21(2)19(24)25-16-11-7-4-8-13(16)12-26-18-20-15-10-6-5-9-14(15)17(23)22(18)3/h4-11H,12H2,1-3H3. The first-order valence-corrected chi connectivity index (χ1v) is 9.01. The first-order chi connectivity index (χ1) is 12.5. The summed E-state index contributed by atoms with van der Waals surface area (Å²) in [5.74, 6) is 1.03. The van der Waals surface area contributed by atoms with Crippen LogP contribution < -0.4 is 10.3 Å². The van der Waals surface area contributed by atoms with Gasteiger partial charge in [0.15, 0.2) is 5.16 Å². The largest absolute Gasteiger partial charge is 0.414 e. The number of aromatic nitrogens is 2. The van der Waals surface area contributed by atoms with E-state index < -0.39 is 6.09 Å². The molecule has 1 heterocycles.